The van der Waals surface area contributed by atoms with Crippen molar-refractivity contribution >= 4 is 55.3 Å². The summed E-state index contributed by atoms with van der Waals surface area (Å²) in [6.07, 6.45) is 0. The minimum absolute atomic E-state index is 0.282. The fraction of sp³-hybridized carbons (Fsp3) is 0.263. The van der Waals surface area contributed by atoms with Crippen LogP contribution in [0.1, 0.15) is 24.2 Å². The third-order valence-electron chi connectivity index (χ3n) is 3.33. The molecule has 0 aromatic heterocycles. The fourth-order valence-electron chi connectivity index (χ4n) is 2.03. The average molecular weight is 535 g/mol. The molecule has 0 saturated heterocycles. The van der Waals surface area contributed by atoms with E-state index in [0.717, 1.165) is 4.47 Å². The molecule has 0 aliphatic carbocycles. The second-order valence-corrected chi connectivity index (χ2v) is 8.42. The Morgan fingerprint density at radius 3 is 2.43 bits per heavy atom. The smallest absolute Gasteiger partial charge is 0.276 e. The van der Waals surface area contributed by atoms with Crippen molar-refractivity contribution in [1.82, 2.24) is 10.9 Å². The zero-order chi connectivity index (χ0) is 20.7. The summed E-state index contributed by atoms with van der Waals surface area (Å²) >= 11 is 12.5. The predicted octanol–water partition coefficient (Wildman–Crippen LogP) is 4.74. The molecule has 0 atom stereocenters. The van der Waals surface area contributed by atoms with E-state index < -0.39 is 11.8 Å². The van der Waals surface area contributed by atoms with E-state index in [-0.39, 0.29) is 6.61 Å². The second kappa shape index (κ2) is 10.7. The lowest BCUT2D eigenvalue weighted by atomic mass is 10.2. The molecule has 0 spiro atoms. The number of amides is 2. The molecule has 2 amide bonds. The Balaban J connectivity index is 1.92. The van der Waals surface area contributed by atoms with Crippen LogP contribution in [0.4, 0.5) is 0 Å². The molecule has 2 rings (SSSR count). The van der Waals surface area contributed by atoms with Crippen molar-refractivity contribution in [3.63, 3.8) is 0 Å². The van der Waals surface area contributed by atoms with E-state index in [1.807, 2.05) is 13.8 Å². The Bertz CT molecular complexity index is 862. The summed E-state index contributed by atoms with van der Waals surface area (Å²) in [5, 5.41) is 0.542. The monoisotopic (exact) mass is 532 g/mol. The van der Waals surface area contributed by atoms with Gasteiger partial charge in [-0.05, 0) is 58.2 Å². The molecule has 9 heteroatoms. The summed E-state index contributed by atoms with van der Waals surface area (Å²) in [5.74, 6) is 0.187. The fourth-order valence-corrected chi connectivity index (χ4v) is 3.19. The van der Waals surface area contributed by atoms with Crippen molar-refractivity contribution in [1.29, 1.82) is 0 Å². The van der Waals surface area contributed by atoms with Crippen molar-refractivity contribution in [2.75, 3.05) is 13.2 Å². The van der Waals surface area contributed by atoms with Crippen molar-refractivity contribution < 1.29 is 19.1 Å². The molecule has 0 unspecified atom stereocenters. The Morgan fingerprint density at radius 2 is 1.75 bits per heavy atom. The van der Waals surface area contributed by atoms with Crippen molar-refractivity contribution in [3.8, 4) is 11.5 Å². The van der Waals surface area contributed by atoms with Crippen molar-refractivity contribution in [2.45, 2.75) is 13.8 Å². The topological polar surface area (TPSA) is 76.7 Å². The molecule has 2 aromatic rings. The van der Waals surface area contributed by atoms with Gasteiger partial charge in [-0.3, -0.25) is 20.4 Å². The lowest BCUT2D eigenvalue weighted by Crippen LogP contribution is -2.44. The third-order valence-corrected chi connectivity index (χ3v) is 4.67. The van der Waals surface area contributed by atoms with E-state index in [0.29, 0.717) is 39.1 Å². The van der Waals surface area contributed by atoms with Crippen LogP contribution in [0.5, 0.6) is 11.5 Å². The molecular weight excluding hydrogens is 515 g/mol. The molecule has 0 aliphatic rings. The highest BCUT2D eigenvalue weighted by Crippen LogP contribution is 2.28. The molecule has 0 radical (unpaired) electrons. The first-order valence-corrected chi connectivity index (χ1v) is 10.3. The molecule has 0 saturated carbocycles. The lowest BCUT2D eigenvalue weighted by molar-refractivity contribution is -0.123. The Morgan fingerprint density at radius 1 is 1.04 bits per heavy atom. The normalized spacial score (nSPS) is 10.5. The van der Waals surface area contributed by atoms with Gasteiger partial charge in [-0.2, -0.15) is 0 Å². The average Bonchev–Trinajstić information content (AvgIpc) is 2.64. The number of nitrogens with one attached hydrogen (secondary N) is 2. The van der Waals surface area contributed by atoms with Gasteiger partial charge in [0.1, 0.15) is 11.5 Å². The van der Waals surface area contributed by atoms with Crippen LogP contribution in [-0.2, 0) is 4.79 Å². The van der Waals surface area contributed by atoms with Crippen LogP contribution in [-0.4, -0.2) is 25.0 Å². The molecule has 2 aromatic carbocycles. The molecule has 2 N–H and O–H groups in total. The molecule has 0 bridgehead atoms. The first-order chi connectivity index (χ1) is 13.3. The van der Waals surface area contributed by atoms with Gasteiger partial charge in [-0.15, -0.1) is 0 Å². The highest BCUT2D eigenvalue weighted by Gasteiger charge is 2.15. The SMILES string of the molecule is CC(C)COc1ccc(Br)cc1C(=O)NNC(=O)COc1ccc(Cl)cc1Br. The minimum atomic E-state index is -0.519. The van der Waals surface area contributed by atoms with Gasteiger partial charge in [0.2, 0.25) is 0 Å². The minimum Gasteiger partial charge on any atom is -0.492 e. The van der Waals surface area contributed by atoms with E-state index >= 15 is 0 Å². The van der Waals surface area contributed by atoms with E-state index in [9.17, 15) is 9.59 Å². The van der Waals surface area contributed by atoms with E-state index in [4.69, 9.17) is 21.1 Å². The predicted molar refractivity (Wildman–Crippen MR) is 115 cm³/mol. The summed E-state index contributed by atoms with van der Waals surface area (Å²) in [7, 11) is 0. The number of carbonyl (C=O) groups is 2. The number of hydrogen-bond donors (Lipinski definition) is 2. The van der Waals surface area contributed by atoms with E-state index in [1.54, 1.807) is 36.4 Å². The molecule has 0 heterocycles. The Hall–Kier alpha value is -1.77. The quantitative estimate of drug-likeness (QED) is 0.503. The van der Waals surface area contributed by atoms with Gasteiger partial charge in [-0.1, -0.05) is 41.4 Å². The lowest BCUT2D eigenvalue weighted by Gasteiger charge is -2.14. The number of benzene rings is 2. The molecule has 0 aliphatic heterocycles. The second-order valence-electron chi connectivity index (χ2n) is 6.21. The summed E-state index contributed by atoms with van der Waals surface area (Å²) in [6.45, 7) is 4.21. The van der Waals surface area contributed by atoms with E-state index in [1.165, 1.54) is 0 Å². The number of rotatable bonds is 7. The standard InChI is InChI=1S/C19H19Br2ClN2O4/c1-11(2)9-27-16-5-3-12(20)7-14(16)19(26)24-23-18(25)10-28-17-6-4-13(22)8-15(17)21/h3-8,11H,9-10H2,1-2H3,(H,23,25)(H,24,26). The van der Waals surface area contributed by atoms with Gasteiger partial charge < -0.3 is 9.47 Å². The number of halogens is 3. The molecular formula is C19H19Br2ClN2O4. The first kappa shape index (κ1) is 22.5. The maximum atomic E-state index is 12.4. The highest BCUT2D eigenvalue weighted by molar-refractivity contribution is 9.10. The zero-order valence-corrected chi connectivity index (χ0v) is 19.2. The van der Waals surface area contributed by atoms with Crippen molar-refractivity contribution in [2.24, 2.45) is 5.92 Å². The van der Waals surface area contributed by atoms with Gasteiger partial charge in [0.15, 0.2) is 6.61 Å². The van der Waals surface area contributed by atoms with Gasteiger partial charge in [0.05, 0.1) is 16.6 Å². The molecule has 6 nitrogen and oxygen atoms in total. The van der Waals surface area contributed by atoms with Crippen molar-refractivity contribution in [3.05, 3.63) is 55.9 Å². The highest BCUT2D eigenvalue weighted by atomic mass is 79.9. The Labute approximate surface area is 185 Å². The van der Waals surface area contributed by atoms with Crippen LogP contribution in [0.2, 0.25) is 5.02 Å². The van der Waals surface area contributed by atoms with Gasteiger partial charge >= 0.3 is 0 Å². The summed E-state index contributed by atoms with van der Waals surface area (Å²) < 4.78 is 12.4. The number of hydrogen-bond acceptors (Lipinski definition) is 4. The maximum Gasteiger partial charge on any atom is 0.276 e. The van der Waals surface area contributed by atoms with E-state index in [2.05, 4.69) is 42.7 Å². The first-order valence-electron chi connectivity index (χ1n) is 8.35. The molecule has 28 heavy (non-hydrogen) atoms. The van der Waals surface area contributed by atoms with Gasteiger partial charge in [0.25, 0.3) is 11.8 Å². The van der Waals surface area contributed by atoms with Crippen LogP contribution in [0.15, 0.2) is 45.3 Å². The third kappa shape index (κ3) is 7.00. The summed E-state index contributed by atoms with van der Waals surface area (Å²) in [5.41, 5.74) is 4.98. The number of carbonyl (C=O) groups excluding carboxylic acids is 2. The van der Waals surface area contributed by atoms with Crippen LogP contribution < -0.4 is 20.3 Å². The largest absolute Gasteiger partial charge is 0.492 e. The van der Waals surface area contributed by atoms with Crippen LogP contribution >= 0.6 is 43.5 Å². The van der Waals surface area contributed by atoms with Gasteiger partial charge in [0, 0.05) is 9.50 Å². The molecule has 150 valence electrons. The van der Waals surface area contributed by atoms with Crippen LogP contribution in [0.3, 0.4) is 0 Å². The molecule has 0 fully saturated rings. The number of ether oxygens (including phenoxy) is 2. The zero-order valence-electron chi connectivity index (χ0n) is 15.2. The summed E-state index contributed by atoms with van der Waals surface area (Å²) in [6, 6.07) is 10.0. The van der Waals surface area contributed by atoms with Crippen LogP contribution in [0.25, 0.3) is 0 Å². The summed E-state index contributed by atoms with van der Waals surface area (Å²) in [4.78, 5) is 24.4. The maximum absolute atomic E-state index is 12.4. The number of hydrazine groups is 1. The van der Waals surface area contributed by atoms with Gasteiger partial charge in [-0.25, -0.2) is 0 Å². The van der Waals surface area contributed by atoms with Crippen LogP contribution in [0, 0.1) is 5.92 Å². The Kier molecular flexibility index (Phi) is 8.59.